The highest BCUT2D eigenvalue weighted by molar-refractivity contribution is 7.22. The van der Waals surface area contributed by atoms with Crippen LogP contribution in [0.2, 0.25) is 5.02 Å². The second-order valence-electron chi connectivity index (χ2n) is 6.57. The van der Waals surface area contributed by atoms with E-state index in [-0.39, 0.29) is 21.3 Å². The number of aromatic amines is 1. The SMILES string of the molecule is O=c1cc(C(F)(F)F)[nH]c(=O)n1-c1c(F)cc(Cl)c2nc(N3CCCCC3)sc12. The molecule has 29 heavy (non-hydrogen) atoms. The first-order chi connectivity index (χ1) is 13.7. The lowest BCUT2D eigenvalue weighted by Crippen LogP contribution is -2.36. The van der Waals surface area contributed by atoms with E-state index >= 15 is 0 Å². The van der Waals surface area contributed by atoms with Gasteiger partial charge in [-0.1, -0.05) is 22.9 Å². The Morgan fingerprint density at radius 3 is 2.45 bits per heavy atom. The summed E-state index contributed by atoms with van der Waals surface area (Å²) in [7, 11) is 0. The number of nitrogens with one attached hydrogen (secondary N) is 1. The molecule has 0 bridgehead atoms. The summed E-state index contributed by atoms with van der Waals surface area (Å²) in [5.74, 6) is -1.01. The fraction of sp³-hybridized carbons (Fsp3) is 0.353. The number of anilines is 1. The number of rotatable bonds is 2. The summed E-state index contributed by atoms with van der Waals surface area (Å²) < 4.78 is 53.8. The van der Waals surface area contributed by atoms with Crippen molar-refractivity contribution in [1.29, 1.82) is 0 Å². The van der Waals surface area contributed by atoms with E-state index in [9.17, 15) is 27.2 Å². The number of hydrogen-bond acceptors (Lipinski definition) is 5. The van der Waals surface area contributed by atoms with Gasteiger partial charge in [0.25, 0.3) is 5.56 Å². The first-order valence-corrected chi connectivity index (χ1v) is 9.83. The van der Waals surface area contributed by atoms with Crippen LogP contribution in [0.4, 0.5) is 22.7 Å². The van der Waals surface area contributed by atoms with Gasteiger partial charge in [0.2, 0.25) is 0 Å². The molecule has 1 aliphatic heterocycles. The average Bonchev–Trinajstić information content (AvgIpc) is 3.09. The lowest BCUT2D eigenvalue weighted by molar-refractivity contribution is -0.141. The van der Waals surface area contributed by atoms with Gasteiger partial charge in [0.15, 0.2) is 10.9 Å². The zero-order valence-electron chi connectivity index (χ0n) is 14.6. The van der Waals surface area contributed by atoms with Gasteiger partial charge in [0.1, 0.15) is 16.9 Å². The molecule has 1 fully saturated rings. The molecular formula is C17H13ClF4N4O2S. The van der Waals surface area contributed by atoms with Crippen LogP contribution in [-0.4, -0.2) is 27.6 Å². The Bertz CT molecular complexity index is 1180. The minimum atomic E-state index is -4.92. The molecule has 0 aliphatic carbocycles. The van der Waals surface area contributed by atoms with Gasteiger partial charge in [-0.2, -0.15) is 13.2 Å². The molecule has 1 aromatic carbocycles. The summed E-state index contributed by atoms with van der Waals surface area (Å²) in [6, 6.07) is 1.11. The van der Waals surface area contributed by atoms with Crippen LogP contribution in [0.15, 0.2) is 21.7 Å². The molecule has 1 saturated heterocycles. The van der Waals surface area contributed by atoms with Crippen LogP contribution in [0.1, 0.15) is 25.0 Å². The summed E-state index contributed by atoms with van der Waals surface area (Å²) >= 11 is 7.14. The predicted molar refractivity (Wildman–Crippen MR) is 102 cm³/mol. The second kappa shape index (κ2) is 7.13. The van der Waals surface area contributed by atoms with Crippen LogP contribution < -0.4 is 16.1 Å². The normalized spacial score (nSPS) is 15.3. The van der Waals surface area contributed by atoms with E-state index in [1.165, 1.54) is 0 Å². The molecule has 1 N–H and O–H groups in total. The molecule has 2 aromatic heterocycles. The van der Waals surface area contributed by atoms with Crippen molar-refractivity contribution in [2.45, 2.75) is 25.4 Å². The third kappa shape index (κ3) is 3.52. The Labute approximate surface area is 169 Å². The van der Waals surface area contributed by atoms with E-state index in [2.05, 4.69) is 4.98 Å². The van der Waals surface area contributed by atoms with Crippen molar-refractivity contribution < 1.29 is 17.6 Å². The molecule has 0 radical (unpaired) electrons. The highest BCUT2D eigenvalue weighted by atomic mass is 35.5. The molecule has 0 unspecified atom stereocenters. The number of fused-ring (bicyclic) bond motifs is 1. The van der Waals surface area contributed by atoms with Gasteiger partial charge >= 0.3 is 11.9 Å². The van der Waals surface area contributed by atoms with Gasteiger partial charge < -0.3 is 9.88 Å². The third-order valence-corrected chi connectivity index (χ3v) is 6.04. The number of nitrogens with zero attached hydrogens (tertiary/aromatic N) is 3. The number of aromatic nitrogens is 3. The van der Waals surface area contributed by atoms with Crippen molar-refractivity contribution in [2.75, 3.05) is 18.0 Å². The van der Waals surface area contributed by atoms with Crippen molar-refractivity contribution in [2.24, 2.45) is 0 Å². The zero-order valence-corrected chi connectivity index (χ0v) is 16.2. The van der Waals surface area contributed by atoms with Crippen molar-refractivity contribution in [3.63, 3.8) is 0 Å². The van der Waals surface area contributed by atoms with Crippen molar-refractivity contribution in [1.82, 2.24) is 14.5 Å². The summed E-state index contributed by atoms with van der Waals surface area (Å²) in [6.07, 6.45) is -1.92. The van der Waals surface area contributed by atoms with Gasteiger partial charge in [-0.3, -0.25) is 4.79 Å². The van der Waals surface area contributed by atoms with Crippen LogP contribution >= 0.6 is 22.9 Å². The Morgan fingerprint density at radius 1 is 1.14 bits per heavy atom. The van der Waals surface area contributed by atoms with E-state index in [1.807, 2.05) is 4.90 Å². The number of benzene rings is 1. The van der Waals surface area contributed by atoms with Gasteiger partial charge in [-0.15, -0.1) is 0 Å². The fourth-order valence-electron chi connectivity index (χ4n) is 3.28. The van der Waals surface area contributed by atoms with E-state index in [0.717, 1.165) is 49.8 Å². The highest BCUT2D eigenvalue weighted by Crippen LogP contribution is 2.38. The minimum absolute atomic E-state index is 0.0165. The maximum Gasteiger partial charge on any atom is 0.431 e. The lowest BCUT2D eigenvalue weighted by Gasteiger charge is -2.25. The first kappa shape index (κ1) is 19.9. The second-order valence-corrected chi connectivity index (χ2v) is 7.95. The van der Waals surface area contributed by atoms with Gasteiger partial charge in [-0.25, -0.2) is 18.7 Å². The standard InChI is InChI=1S/C17H13ClF4N4O2S/c18-8-6-9(19)13(26-11(27)7-10(17(20,21)22)23-15(26)28)14-12(8)24-16(29-14)25-4-2-1-3-5-25/h6-7H,1-5H2,(H,23,28). The van der Waals surface area contributed by atoms with Crippen LogP contribution in [0.25, 0.3) is 15.9 Å². The van der Waals surface area contributed by atoms with Crippen molar-refractivity contribution in [3.8, 4) is 5.69 Å². The predicted octanol–water partition coefficient (Wildman–Crippen LogP) is 3.94. The number of thiazole rings is 1. The summed E-state index contributed by atoms with van der Waals surface area (Å²) in [4.78, 5) is 32.6. The summed E-state index contributed by atoms with van der Waals surface area (Å²) in [6.45, 7) is 1.49. The largest absolute Gasteiger partial charge is 0.431 e. The molecule has 12 heteroatoms. The maximum atomic E-state index is 14.8. The number of halogens is 5. The van der Waals surface area contributed by atoms with E-state index in [4.69, 9.17) is 11.6 Å². The van der Waals surface area contributed by atoms with E-state index in [1.54, 1.807) is 4.98 Å². The minimum Gasteiger partial charge on any atom is -0.348 e. The Balaban J connectivity index is 1.96. The number of hydrogen-bond donors (Lipinski definition) is 1. The average molecular weight is 449 g/mol. The Morgan fingerprint density at radius 2 is 1.83 bits per heavy atom. The maximum absolute atomic E-state index is 14.8. The molecule has 0 amide bonds. The molecule has 154 valence electrons. The summed E-state index contributed by atoms with van der Waals surface area (Å²) in [5.41, 5.74) is -4.51. The Kier molecular flexibility index (Phi) is 4.89. The molecule has 4 rings (SSSR count). The smallest absolute Gasteiger partial charge is 0.348 e. The molecule has 3 aromatic rings. The van der Waals surface area contributed by atoms with Crippen molar-refractivity contribution in [3.05, 3.63) is 49.5 Å². The first-order valence-electron chi connectivity index (χ1n) is 8.64. The number of H-pyrrole nitrogens is 1. The van der Waals surface area contributed by atoms with Crippen LogP contribution in [0.3, 0.4) is 0 Å². The van der Waals surface area contributed by atoms with E-state index in [0.29, 0.717) is 9.70 Å². The molecule has 0 spiro atoms. The van der Waals surface area contributed by atoms with Crippen LogP contribution in [0.5, 0.6) is 0 Å². The Hall–Kier alpha value is -2.40. The quantitative estimate of drug-likeness (QED) is 0.603. The number of alkyl halides is 3. The molecule has 3 heterocycles. The molecule has 0 atom stereocenters. The highest BCUT2D eigenvalue weighted by Gasteiger charge is 2.33. The van der Waals surface area contributed by atoms with E-state index < -0.39 is 34.6 Å². The number of piperidine rings is 1. The van der Waals surface area contributed by atoms with Crippen molar-refractivity contribution >= 4 is 38.3 Å². The molecule has 1 aliphatic rings. The summed E-state index contributed by atoms with van der Waals surface area (Å²) in [5, 5.41) is 0.530. The van der Waals surface area contributed by atoms with Crippen LogP contribution in [-0.2, 0) is 6.18 Å². The van der Waals surface area contributed by atoms with Gasteiger partial charge in [0, 0.05) is 19.2 Å². The molecule has 0 saturated carbocycles. The third-order valence-electron chi connectivity index (χ3n) is 4.63. The monoisotopic (exact) mass is 448 g/mol. The van der Waals surface area contributed by atoms with Gasteiger partial charge in [0.05, 0.1) is 9.72 Å². The van der Waals surface area contributed by atoms with Gasteiger partial charge in [-0.05, 0) is 25.3 Å². The lowest BCUT2D eigenvalue weighted by atomic mass is 10.1. The topological polar surface area (TPSA) is 71.0 Å². The molecule has 6 nitrogen and oxygen atoms in total. The van der Waals surface area contributed by atoms with Crippen LogP contribution in [0, 0.1) is 5.82 Å². The molecular weight excluding hydrogens is 436 g/mol. The zero-order chi connectivity index (χ0) is 20.9. The fourth-order valence-corrected chi connectivity index (χ4v) is 4.73.